The molecule has 0 saturated heterocycles. The number of hydrogen-bond donors (Lipinski definition) is 2. The molecular formula is C18H21N3O3. The number of nitrogens with one attached hydrogen (secondary N) is 1. The Labute approximate surface area is 140 Å². The summed E-state index contributed by atoms with van der Waals surface area (Å²) >= 11 is 0. The second kappa shape index (κ2) is 6.11. The fourth-order valence-electron chi connectivity index (χ4n) is 3.30. The Morgan fingerprint density at radius 1 is 1.17 bits per heavy atom. The molecular weight excluding hydrogens is 306 g/mol. The Morgan fingerprint density at radius 3 is 2.29 bits per heavy atom. The van der Waals surface area contributed by atoms with Gasteiger partial charge in [0.2, 0.25) is 0 Å². The maximum Gasteiger partial charge on any atom is 0.329 e. The molecule has 3 rings (SSSR count). The van der Waals surface area contributed by atoms with Crippen LogP contribution in [0.5, 0.6) is 0 Å². The molecule has 0 bridgehead atoms. The summed E-state index contributed by atoms with van der Waals surface area (Å²) < 4.78 is 1.81. The van der Waals surface area contributed by atoms with Crippen LogP contribution in [-0.2, 0) is 4.79 Å². The first-order valence-electron chi connectivity index (χ1n) is 8.11. The molecule has 24 heavy (non-hydrogen) atoms. The number of aryl methyl sites for hydroxylation is 2. The number of aromatic nitrogens is 2. The van der Waals surface area contributed by atoms with Crippen LogP contribution in [0.3, 0.4) is 0 Å². The lowest BCUT2D eigenvalue weighted by Gasteiger charge is -2.25. The lowest BCUT2D eigenvalue weighted by molar-refractivity contribution is -0.144. The van der Waals surface area contributed by atoms with E-state index in [9.17, 15) is 14.7 Å². The molecule has 1 aromatic carbocycles. The minimum Gasteiger partial charge on any atom is -0.480 e. The Balaban J connectivity index is 1.79. The number of amides is 1. The zero-order chi connectivity index (χ0) is 17.3. The third kappa shape index (κ3) is 2.91. The molecule has 0 atom stereocenters. The molecule has 1 amide bonds. The highest BCUT2D eigenvalue weighted by atomic mass is 16.4. The van der Waals surface area contributed by atoms with E-state index in [2.05, 4.69) is 10.4 Å². The monoisotopic (exact) mass is 327 g/mol. The summed E-state index contributed by atoms with van der Waals surface area (Å²) in [5.74, 6) is -1.30. The van der Waals surface area contributed by atoms with Crippen LogP contribution >= 0.6 is 0 Å². The number of carboxylic acid groups (broad SMARTS) is 1. The highest BCUT2D eigenvalue weighted by Gasteiger charge is 2.42. The average Bonchev–Trinajstić information content (AvgIpc) is 3.15. The molecule has 6 nitrogen and oxygen atoms in total. The third-order valence-electron chi connectivity index (χ3n) is 4.60. The molecule has 0 unspecified atom stereocenters. The highest BCUT2D eigenvalue weighted by Crippen LogP contribution is 2.30. The second-order valence-corrected chi connectivity index (χ2v) is 6.43. The van der Waals surface area contributed by atoms with Crippen LogP contribution in [0.25, 0.3) is 5.69 Å². The van der Waals surface area contributed by atoms with Gasteiger partial charge in [-0.2, -0.15) is 5.10 Å². The highest BCUT2D eigenvalue weighted by molar-refractivity contribution is 5.98. The van der Waals surface area contributed by atoms with Crippen molar-refractivity contribution in [1.29, 1.82) is 0 Å². The number of carbonyl (C=O) groups is 2. The van der Waals surface area contributed by atoms with E-state index in [-0.39, 0.29) is 5.91 Å². The summed E-state index contributed by atoms with van der Waals surface area (Å²) in [5.41, 5.74) is 2.14. The Bertz CT molecular complexity index is 771. The lowest BCUT2D eigenvalue weighted by atomic mass is 9.97. The van der Waals surface area contributed by atoms with Crippen molar-refractivity contribution in [3.8, 4) is 5.69 Å². The average molecular weight is 327 g/mol. The van der Waals surface area contributed by atoms with Gasteiger partial charge in [0.1, 0.15) is 5.54 Å². The van der Waals surface area contributed by atoms with E-state index < -0.39 is 11.5 Å². The van der Waals surface area contributed by atoms with Crippen LogP contribution in [0, 0.1) is 13.8 Å². The minimum absolute atomic E-state index is 0.348. The molecule has 6 heteroatoms. The number of carbonyl (C=O) groups excluding carboxylic acids is 1. The predicted octanol–water partition coefficient (Wildman–Crippen LogP) is 2.62. The lowest BCUT2D eigenvalue weighted by Crippen LogP contribution is -2.52. The van der Waals surface area contributed by atoms with Gasteiger partial charge in [0.15, 0.2) is 0 Å². The van der Waals surface area contributed by atoms with Crippen molar-refractivity contribution in [2.75, 3.05) is 0 Å². The van der Waals surface area contributed by atoms with E-state index in [1.807, 2.05) is 36.7 Å². The van der Waals surface area contributed by atoms with Crippen molar-refractivity contribution in [2.24, 2.45) is 0 Å². The van der Waals surface area contributed by atoms with Crippen LogP contribution in [0.15, 0.2) is 30.3 Å². The number of benzene rings is 1. The van der Waals surface area contributed by atoms with Crippen molar-refractivity contribution in [2.45, 2.75) is 45.1 Å². The van der Waals surface area contributed by atoms with E-state index >= 15 is 0 Å². The first kappa shape index (κ1) is 16.2. The molecule has 126 valence electrons. The molecule has 1 aliphatic carbocycles. The summed E-state index contributed by atoms with van der Waals surface area (Å²) in [6.45, 7) is 3.90. The van der Waals surface area contributed by atoms with E-state index in [1.165, 1.54) is 0 Å². The number of nitrogens with zero attached hydrogens (tertiary/aromatic N) is 2. The number of aliphatic carboxylic acids is 1. The predicted molar refractivity (Wildman–Crippen MR) is 89.3 cm³/mol. The molecule has 0 aliphatic heterocycles. The van der Waals surface area contributed by atoms with Gasteiger partial charge in [-0.3, -0.25) is 4.79 Å². The molecule has 2 aromatic rings. The summed E-state index contributed by atoms with van der Waals surface area (Å²) in [7, 11) is 0. The van der Waals surface area contributed by atoms with E-state index in [0.717, 1.165) is 29.9 Å². The molecule has 1 aromatic heterocycles. The summed E-state index contributed by atoms with van der Waals surface area (Å²) in [4.78, 5) is 24.0. The molecule has 2 N–H and O–H groups in total. The number of hydrogen-bond acceptors (Lipinski definition) is 3. The van der Waals surface area contributed by atoms with Crippen LogP contribution in [0.2, 0.25) is 0 Å². The van der Waals surface area contributed by atoms with Gasteiger partial charge in [-0.05, 0) is 57.0 Å². The van der Waals surface area contributed by atoms with Crippen molar-refractivity contribution in [3.05, 3.63) is 47.3 Å². The minimum atomic E-state index is -1.12. The van der Waals surface area contributed by atoms with Crippen LogP contribution < -0.4 is 5.32 Å². The van der Waals surface area contributed by atoms with Crippen LogP contribution in [0.1, 0.15) is 47.4 Å². The summed E-state index contributed by atoms with van der Waals surface area (Å²) in [6, 6.07) is 9.02. The topological polar surface area (TPSA) is 84.2 Å². The van der Waals surface area contributed by atoms with Crippen LogP contribution in [0.4, 0.5) is 0 Å². The van der Waals surface area contributed by atoms with Gasteiger partial charge < -0.3 is 10.4 Å². The largest absolute Gasteiger partial charge is 0.480 e. The van der Waals surface area contributed by atoms with E-state index in [1.54, 1.807) is 12.1 Å². The van der Waals surface area contributed by atoms with Gasteiger partial charge in [-0.1, -0.05) is 12.8 Å². The van der Waals surface area contributed by atoms with E-state index in [0.29, 0.717) is 18.4 Å². The molecule has 0 spiro atoms. The Kier molecular flexibility index (Phi) is 4.13. The maximum atomic E-state index is 12.4. The first-order chi connectivity index (χ1) is 11.4. The van der Waals surface area contributed by atoms with Crippen molar-refractivity contribution in [1.82, 2.24) is 15.1 Å². The molecule has 1 saturated carbocycles. The van der Waals surface area contributed by atoms with E-state index in [4.69, 9.17) is 0 Å². The SMILES string of the molecule is Cc1cc(C)n(-c2ccc(C(=O)NC3(C(=O)O)CCCC3)cc2)n1. The summed E-state index contributed by atoms with van der Waals surface area (Å²) in [5, 5.41) is 16.6. The molecule has 0 radical (unpaired) electrons. The zero-order valence-corrected chi connectivity index (χ0v) is 13.9. The third-order valence-corrected chi connectivity index (χ3v) is 4.60. The van der Waals surface area contributed by atoms with Crippen LogP contribution in [-0.4, -0.2) is 32.3 Å². The van der Waals surface area contributed by atoms with Crippen molar-refractivity contribution >= 4 is 11.9 Å². The van der Waals surface area contributed by atoms with Gasteiger partial charge in [0.05, 0.1) is 11.4 Å². The molecule has 1 heterocycles. The molecule has 1 fully saturated rings. The quantitative estimate of drug-likeness (QED) is 0.904. The normalized spacial score (nSPS) is 16.1. The maximum absolute atomic E-state index is 12.4. The smallest absolute Gasteiger partial charge is 0.329 e. The van der Waals surface area contributed by atoms with Crippen molar-refractivity contribution < 1.29 is 14.7 Å². The summed E-state index contributed by atoms with van der Waals surface area (Å²) in [6.07, 6.45) is 2.61. The Hall–Kier alpha value is -2.63. The number of rotatable bonds is 4. The standard InChI is InChI=1S/C18H21N3O3/c1-12-11-13(2)21(20-12)15-7-5-14(6-8-15)16(22)19-18(17(23)24)9-3-4-10-18/h5-8,11H,3-4,9-10H2,1-2H3,(H,19,22)(H,23,24). The zero-order valence-electron chi connectivity index (χ0n) is 13.9. The second-order valence-electron chi connectivity index (χ2n) is 6.43. The van der Waals surface area contributed by atoms with Gasteiger partial charge >= 0.3 is 5.97 Å². The fraction of sp³-hybridized carbons (Fsp3) is 0.389. The van der Waals surface area contributed by atoms with Gasteiger partial charge in [0.25, 0.3) is 5.91 Å². The first-order valence-corrected chi connectivity index (χ1v) is 8.11. The van der Waals surface area contributed by atoms with Crippen molar-refractivity contribution in [3.63, 3.8) is 0 Å². The number of carboxylic acids is 1. The fourth-order valence-corrected chi connectivity index (χ4v) is 3.30. The van der Waals surface area contributed by atoms with Gasteiger partial charge in [-0.25, -0.2) is 9.48 Å². The van der Waals surface area contributed by atoms with Gasteiger partial charge in [-0.15, -0.1) is 0 Å². The van der Waals surface area contributed by atoms with Gasteiger partial charge in [0, 0.05) is 11.3 Å². The Morgan fingerprint density at radius 2 is 1.79 bits per heavy atom. The molecule has 1 aliphatic rings.